The fourth-order valence-corrected chi connectivity index (χ4v) is 2.32. The SMILES string of the molecule is COc1cc(OC)nc(Oc2cccnc2C(=O)N[C@@H](CC(C)C)C(N)=O)n1. The topological polar surface area (TPSA) is 139 Å². The number of rotatable bonds is 9. The van der Waals surface area contributed by atoms with Gasteiger partial charge in [0, 0.05) is 6.20 Å². The van der Waals surface area contributed by atoms with Crippen molar-refractivity contribution < 1.29 is 23.8 Å². The van der Waals surface area contributed by atoms with Gasteiger partial charge in [-0.3, -0.25) is 9.59 Å². The number of amides is 2. The lowest BCUT2D eigenvalue weighted by Gasteiger charge is -2.18. The van der Waals surface area contributed by atoms with Crippen molar-refractivity contribution in [3.63, 3.8) is 0 Å². The predicted octanol–water partition coefficient (Wildman–Crippen LogP) is 1.31. The van der Waals surface area contributed by atoms with Gasteiger partial charge in [-0.15, -0.1) is 0 Å². The summed E-state index contributed by atoms with van der Waals surface area (Å²) >= 11 is 0. The largest absolute Gasteiger partial charge is 0.481 e. The van der Waals surface area contributed by atoms with Crippen molar-refractivity contribution >= 4 is 11.8 Å². The van der Waals surface area contributed by atoms with Gasteiger partial charge in [0.25, 0.3) is 5.91 Å². The predicted molar refractivity (Wildman–Crippen MR) is 99.4 cm³/mol. The molecular weight excluding hydrogens is 366 g/mol. The van der Waals surface area contributed by atoms with E-state index in [2.05, 4.69) is 20.3 Å². The quantitative estimate of drug-likeness (QED) is 0.654. The molecule has 0 aromatic carbocycles. The smallest absolute Gasteiger partial charge is 0.328 e. The molecule has 28 heavy (non-hydrogen) atoms. The van der Waals surface area contributed by atoms with Gasteiger partial charge in [0.15, 0.2) is 11.4 Å². The molecule has 0 spiro atoms. The number of carbonyl (C=O) groups is 2. The van der Waals surface area contributed by atoms with Crippen LogP contribution in [-0.4, -0.2) is 47.0 Å². The van der Waals surface area contributed by atoms with Crippen LogP contribution in [0.25, 0.3) is 0 Å². The van der Waals surface area contributed by atoms with E-state index in [9.17, 15) is 9.59 Å². The molecule has 2 aromatic heterocycles. The number of pyridine rings is 1. The van der Waals surface area contributed by atoms with Crippen LogP contribution in [0.1, 0.15) is 30.8 Å². The Hall–Kier alpha value is -3.43. The summed E-state index contributed by atoms with van der Waals surface area (Å²) < 4.78 is 15.8. The minimum atomic E-state index is -0.824. The summed E-state index contributed by atoms with van der Waals surface area (Å²) in [6.07, 6.45) is 1.83. The second-order valence-corrected chi connectivity index (χ2v) is 6.25. The molecule has 0 saturated heterocycles. The van der Waals surface area contributed by atoms with E-state index in [1.807, 2.05) is 13.8 Å². The summed E-state index contributed by atoms with van der Waals surface area (Å²) in [5.41, 5.74) is 5.34. The van der Waals surface area contributed by atoms with Crippen LogP contribution in [0.5, 0.6) is 23.5 Å². The molecule has 0 bridgehead atoms. The minimum absolute atomic E-state index is 0.0390. The molecule has 2 heterocycles. The third-order valence-electron chi connectivity index (χ3n) is 3.62. The van der Waals surface area contributed by atoms with Crippen LogP contribution in [0.3, 0.4) is 0 Å². The van der Waals surface area contributed by atoms with E-state index in [1.54, 1.807) is 6.07 Å². The Bertz CT molecular complexity index is 821. The van der Waals surface area contributed by atoms with Crippen LogP contribution < -0.4 is 25.3 Å². The molecule has 0 aliphatic carbocycles. The summed E-state index contributed by atoms with van der Waals surface area (Å²) in [6, 6.07) is 3.68. The number of hydrogen-bond donors (Lipinski definition) is 2. The zero-order chi connectivity index (χ0) is 20.7. The molecule has 10 heteroatoms. The highest BCUT2D eigenvalue weighted by Crippen LogP contribution is 2.25. The first-order valence-corrected chi connectivity index (χ1v) is 8.54. The molecule has 2 aromatic rings. The summed E-state index contributed by atoms with van der Waals surface area (Å²) in [5, 5.41) is 2.59. The van der Waals surface area contributed by atoms with Gasteiger partial charge in [-0.05, 0) is 24.5 Å². The highest BCUT2D eigenvalue weighted by Gasteiger charge is 2.23. The standard InChI is InChI=1S/C18H23N5O5/c1-10(2)8-11(16(19)24)21-17(25)15-12(6-5-7-20-15)28-18-22-13(26-3)9-14(23-18)27-4/h5-7,9-11H,8H2,1-4H3,(H2,19,24)(H,21,25)/t11-/m0/s1. The van der Waals surface area contributed by atoms with Gasteiger partial charge in [-0.1, -0.05) is 13.8 Å². The number of carbonyl (C=O) groups excluding carboxylic acids is 2. The molecule has 0 radical (unpaired) electrons. The van der Waals surface area contributed by atoms with Crippen molar-refractivity contribution in [2.75, 3.05) is 14.2 Å². The summed E-state index contributed by atoms with van der Waals surface area (Å²) in [6.45, 7) is 3.84. The number of aromatic nitrogens is 3. The van der Waals surface area contributed by atoms with Crippen molar-refractivity contribution in [1.82, 2.24) is 20.3 Å². The number of ether oxygens (including phenoxy) is 3. The number of primary amides is 1. The number of hydrogen-bond acceptors (Lipinski definition) is 8. The summed E-state index contributed by atoms with van der Waals surface area (Å²) in [7, 11) is 2.88. The Balaban J connectivity index is 2.27. The summed E-state index contributed by atoms with van der Waals surface area (Å²) in [5.74, 6) is -0.515. The Kier molecular flexibility index (Phi) is 7.08. The lowest BCUT2D eigenvalue weighted by molar-refractivity contribution is -0.120. The van der Waals surface area contributed by atoms with E-state index in [0.29, 0.717) is 6.42 Å². The van der Waals surface area contributed by atoms with Gasteiger partial charge < -0.3 is 25.3 Å². The third-order valence-corrected chi connectivity index (χ3v) is 3.62. The molecule has 3 N–H and O–H groups in total. The van der Waals surface area contributed by atoms with Crippen molar-refractivity contribution in [2.24, 2.45) is 11.7 Å². The maximum absolute atomic E-state index is 12.6. The Morgan fingerprint density at radius 1 is 1.18 bits per heavy atom. The monoisotopic (exact) mass is 389 g/mol. The van der Waals surface area contributed by atoms with Crippen LogP contribution >= 0.6 is 0 Å². The third kappa shape index (κ3) is 5.53. The van der Waals surface area contributed by atoms with E-state index in [4.69, 9.17) is 19.9 Å². The van der Waals surface area contributed by atoms with E-state index < -0.39 is 17.9 Å². The highest BCUT2D eigenvalue weighted by atomic mass is 16.5. The van der Waals surface area contributed by atoms with Crippen LogP contribution in [0.15, 0.2) is 24.4 Å². The van der Waals surface area contributed by atoms with Crippen LogP contribution in [0.4, 0.5) is 0 Å². The first kappa shape index (κ1) is 20.9. The zero-order valence-corrected chi connectivity index (χ0v) is 16.1. The molecule has 2 amide bonds. The molecule has 2 rings (SSSR count). The molecule has 150 valence electrons. The first-order valence-electron chi connectivity index (χ1n) is 8.54. The minimum Gasteiger partial charge on any atom is -0.481 e. The van der Waals surface area contributed by atoms with Gasteiger partial charge in [0.05, 0.1) is 20.3 Å². The lowest BCUT2D eigenvalue weighted by Crippen LogP contribution is -2.45. The maximum Gasteiger partial charge on any atom is 0.328 e. The Morgan fingerprint density at radius 2 is 1.82 bits per heavy atom. The maximum atomic E-state index is 12.6. The molecule has 0 aliphatic rings. The normalized spacial score (nSPS) is 11.6. The van der Waals surface area contributed by atoms with Crippen molar-refractivity contribution in [3.05, 3.63) is 30.1 Å². The van der Waals surface area contributed by atoms with Crippen LogP contribution in [0.2, 0.25) is 0 Å². The molecule has 0 fully saturated rings. The number of methoxy groups -OCH3 is 2. The van der Waals surface area contributed by atoms with Gasteiger partial charge in [0.1, 0.15) is 6.04 Å². The van der Waals surface area contributed by atoms with E-state index in [0.717, 1.165) is 0 Å². The number of nitrogens with zero attached hydrogens (tertiary/aromatic N) is 3. The van der Waals surface area contributed by atoms with E-state index in [1.165, 1.54) is 32.5 Å². The van der Waals surface area contributed by atoms with Gasteiger partial charge in [0.2, 0.25) is 17.7 Å². The van der Waals surface area contributed by atoms with Gasteiger partial charge in [-0.2, -0.15) is 9.97 Å². The lowest BCUT2D eigenvalue weighted by atomic mass is 10.0. The van der Waals surface area contributed by atoms with Crippen molar-refractivity contribution in [3.8, 4) is 23.5 Å². The van der Waals surface area contributed by atoms with Crippen LogP contribution in [-0.2, 0) is 4.79 Å². The highest BCUT2D eigenvalue weighted by molar-refractivity contribution is 5.97. The molecule has 0 saturated carbocycles. The zero-order valence-electron chi connectivity index (χ0n) is 16.1. The second-order valence-electron chi connectivity index (χ2n) is 6.25. The molecule has 0 unspecified atom stereocenters. The molecule has 1 atom stereocenters. The fraction of sp³-hybridized carbons (Fsp3) is 0.389. The number of nitrogens with two attached hydrogens (primary N) is 1. The molecule has 0 aliphatic heterocycles. The average molecular weight is 389 g/mol. The average Bonchev–Trinajstić information content (AvgIpc) is 2.67. The fourth-order valence-electron chi connectivity index (χ4n) is 2.32. The Labute approximate surface area is 162 Å². The molecule has 10 nitrogen and oxygen atoms in total. The van der Waals surface area contributed by atoms with Crippen molar-refractivity contribution in [2.45, 2.75) is 26.3 Å². The van der Waals surface area contributed by atoms with Gasteiger partial charge in [-0.25, -0.2) is 4.98 Å². The van der Waals surface area contributed by atoms with Gasteiger partial charge >= 0.3 is 6.01 Å². The molecular formula is C18H23N5O5. The first-order chi connectivity index (χ1) is 13.3. The van der Waals surface area contributed by atoms with E-state index in [-0.39, 0.29) is 35.1 Å². The van der Waals surface area contributed by atoms with E-state index >= 15 is 0 Å². The van der Waals surface area contributed by atoms with Crippen LogP contribution in [0, 0.1) is 5.92 Å². The summed E-state index contributed by atoms with van der Waals surface area (Å²) in [4.78, 5) is 36.4. The Morgan fingerprint density at radius 3 is 2.36 bits per heavy atom. The second kappa shape index (κ2) is 9.49. The van der Waals surface area contributed by atoms with Crippen molar-refractivity contribution in [1.29, 1.82) is 0 Å². The number of nitrogens with one attached hydrogen (secondary N) is 1.